The zero-order valence-corrected chi connectivity index (χ0v) is 14.4. The van der Waals surface area contributed by atoms with Crippen LogP contribution in [0.5, 0.6) is 0 Å². The van der Waals surface area contributed by atoms with Crippen LogP contribution in [0, 0.1) is 0 Å². The van der Waals surface area contributed by atoms with Crippen molar-refractivity contribution in [1.82, 2.24) is 0 Å². The summed E-state index contributed by atoms with van der Waals surface area (Å²) in [6.45, 7) is 0.774. The molecular weight excluding hydrogens is 290 g/mol. The number of benzene rings is 3. The van der Waals surface area contributed by atoms with Gasteiger partial charge in [-0.1, -0.05) is 66.7 Å². The highest BCUT2D eigenvalue weighted by atomic mass is 14.5. The van der Waals surface area contributed by atoms with Crippen molar-refractivity contribution >= 4 is 10.8 Å². The number of hydrogen-bond donors (Lipinski definition) is 1. The summed E-state index contributed by atoms with van der Waals surface area (Å²) in [6, 6.07) is 24.5. The Hall–Kier alpha value is -2.12. The van der Waals surface area contributed by atoms with Crippen molar-refractivity contribution in [3.05, 3.63) is 83.4 Å². The third-order valence-corrected chi connectivity index (χ3v) is 4.66. The molecule has 2 N–H and O–H groups in total. The maximum atomic E-state index is 5.60. The Morgan fingerprint density at radius 2 is 1.17 bits per heavy atom. The molecule has 0 aromatic heterocycles. The average Bonchev–Trinajstić information content (AvgIpc) is 2.64. The van der Waals surface area contributed by atoms with Crippen molar-refractivity contribution in [1.29, 1.82) is 0 Å². The zero-order valence-electron chi connectivity index (χ0n) is 14.4. The van der Waals surface area contributed by atoms with Gasteiger partial charge in [-0.05, 0) is 72.5 Å². The topological polar surface area (TPSA) is 26.0 Å². The summed E-state index contributed by atoms with van der Waals surface area (Å²) in [5.74, 6) is 0. The number of hydrogen-bond acceptors (Lipinski definition) is 1. The lowest BCUT2D eigenvalue weighted by Crippen LogP contribution is -2.00. The van der Waals surface area contributed by atoms with Gasteiger partial charge in [0.1, 0.15) is 0 Å². The maximum Gasteiger partial charge on any atom is -0.00741 e. The normalized spacial score (nSPS) is 11.0. The van der Waals surface area contributed by atoms with Crippen LogP contribution in [0.25, 0.3) is 10.8 Å². The van der Waals surface area contributed by atoms with E-state index in [2.05, 4.69) is 66.7 Å². The minimum Gasteiger partial charge on any atom is -0.330 e. The lowest BCUT2D eigenvalue weighted by atomic mass is 9.99. The van der Waals surface area contributed by atoms with Crippen molar-refractivity contribution in [2.45, 2.75) is 38.5 Å². The maximum absolute atomic E-state index is 5.60. The van der Waals surface area contributed by atoms with Crippen molar-refractivity contribution in [3.63, 3.8) is 0 Å². The number of unbranched alkanes of at least 4 members (excludes halogenated alkanes) is 1. The fraction of sp³-hybridized carbons (Fsp3) is 0.304. The van der Waals surface area contributed by atoms with Crippen LogP contribution in [0.15, 0.2) is 66.7 Å². The molecule has 0 unspecified atom stereocenters. The SMILES string of the molecule is NCCCc1cccc(CCCCc2ccc3ccccc3c2)c1. The molecule has 3 aromatic carbocycles. The van der Waals surface area contributed by atoms with Gasteiger partial charge in [0, 0.05) is 0 Å². The molecule has 1 heteroatoms. The first kappa shape index (κ1) is 16.7. The number of rotatable bonds is 8. The molecule has 0 aliphatic rings. The van der Waals surface area contributed by atoms with Crippen LogP contribution < -0.4 is 5.73 Å². The van der Waals surface area contributed by atoms with Gasteiger partial charge in [0.15, 0.2) is 0 Å². The molecule has 0 bridgehead atoms. The summed E-state index contributed by atoms with van der Waals surface area (Å²) in [5, 5.41) is 2.68. The third kappa shape index (κ3) is 4.69. The summed E-state index contributed by atoms with van der Waals surface area (Å²) in [7, 11) is 0. The third-order valence-electron chi connectivity index (χ3n) is 4.66. The molecule has 0 saturated carbocycles. The lowest BCUT2D eigenvalue weighted by molar-refractivity contribution is 0.733. The Morgan fingerprint density at radius 1 is 0.542 bits per heavy atom. The number of fused-ring (bicyclic) bond motifs is 1. The molecule has 0 heterocycles. The van der Waals surface area contributed by atoms with E-state index >= 15 is 0 Å². The van der Waals surface area contributed by atoms with Gasteiger partial charge in [-0.2, -0.15) is 0 Å². The molecule has 0 spiro atoms. The molecular formula is C23H27N. The van der Waals surface area contributed by atoms with Crippen molar-refractivity contribution in [2.75, 3.05) is 6.54 Å². The average molecular weight is 317 g/mol. The van der Waals surface area contributed by atoms with Gasteiger partial charge in [0.2, 0.25) is 0 Å². The van der Waals surface area contributed by atoms with Crippen LogP contribution >= 0.6 is 0 Å². The monoisotopic (exact) mass is 317 g/mol. The second-order valence-corrected chi connectivity index (χ2v) is 6.60. The molecule has 0 atom stereocenters. The summed E-state index contributed by atoms with van der Waals surface area (Å²) in [6.07, 6.45) is 6.99. The van der Waals surface area contributed by atoms with Gasteiger partial charge >= 0.3 is 0 Å². The van der Waals surface area contributed by atoms with Gasteiger partial charge in [0.05, 0.1) is 0 Å². The first-order valence-electron chi connectivity index (χ1n) is 9.11. The Balaban J connectivity index is 1.49. The van der Waals surface area contributed by atoms with E-state index in [1.807, 2.05) is 0 Å². The van der Waals surface area contributed by atoms with E-state index in [-0.39, 0.29) is 0 Å². The number of nitrogens with two attached hydrogens (primary N) is 1. The first-order chi connectivity index (χ1) is 11.8. The first-order valence-corrected chi connectivity index (χ1v) is 9.11. The van der Waals surface area contributed by atoms with Crippen LogP contribution in [-0.4, -0.2) is 6.54 Å². The fourth-order valence-electron chi connectivity index (χ4n) is 3.30. The van der Waals surface area contributed by atoms with Gasteiger partial charge in [-0.25, -0.2) is 0 Å². The standard InChI is InChI=1S/C23H27N/c24-16-6-11-20-10-5-9-19(17-20)7-1-2-8-21-14-15-22-12-3-4-13-23(22)18-21/h3-5,9-10,12-15,17-18H,1-2,6-8,11,16,24H2. The van der Waals surface area contributed by atoms with Gasteiger partial charge in [-0.3, -0.25) is 0 Å². The predicted octanol–water partition coefficient (Wildman–Crippen LogP) is 5.30. The van der Waals surface area contributed by atoms with Crippen LogP contribution in [0.2, 0.25) is 0 Å². The van der Waals surface area contributed by atoms with E-state index in [4.69, 9.17) is 5.73 Å². The molecule has 0 radical (unpaired) electrons. The zero-order chi connectivity index (χ0) is 16.6. The minimum atomic E-state index is 0.774. The molecule has 1 nitrogen and oxygen atoms in total. The summed E-state index contributed by atoms with van der Waals surface area (Å²) < 4.78 is 0. The molecule has 0 saturated heterocycles. The predicted molar refractivity (Wildman–Crippen MR) is 104 cm³/mol. The molecule has 0 aliphatic heterocycles. The Labute approximate surface area is 145 Å². The Kier molecular flexibility index (Phi) is 6.03. The van der Waals surface area contributed by atoms with E-state index < -0.39 is 0 Å². The highest BCUT2D eigenvalue weighted by molar-refractivity contribution is 5.82. The van der Waals surface area contributed by atoms with Crippen LogP contribution in [0.3, 0.4) is 0 Å². The quantitative estimate of drug-likeness (QED) is 0.561. The largest absolute Gasteiger partial charge is 0.330 e. The molecule has 0 fully saturated rings. The fourth-order valence-corrected chi connectivity index (χ4v) is 3.30. The van der Waals surface area contributed by atoms with Gasteiger partial charge in [-0.15, -0.1) is 0 Å². The van der Waals surface area contributed by atoms with Gasteiger partial charge < -0.3 is 5.73 Å². The van der Waals surface area contributed by atoms with Crippen molar-refractivity contribution in [3.8, 4) is 0 Å². The molecule has 24 heavy (non-hydrogen) atoms. The van der Waals surface area contributed by atoms with E-state index in [0.717, 1.165) is 25.8 Å². The second kappa shape index (κ2) is 8.65. The second-order valence-electron chi connectivity index (χ2n) is 6.60. The van der Waals surface area contributed by atoms with E-state index in [1.165, 1.54) is 46.7 Å². The Morgan fingerprint density at radius 3 is 1.88 bits per heavy atom. The molecule has 124 valence electrons. The summed E-state index contributed by atoms with van der Waals surface area (Å²) >= 11 is 0. The number of aryl methyl sites for hydroxylation is 3. The molecule has 0 aliphatic carbocycles. The van der Waals surface area contributed by atoms with E-state index in [1.54, 1.807) is 0 Å². The van der Waals surface area contributed by atoms with Crippen LogP contribution in [0.1, 0.15) is 36.0 Å². The Bertz CT molecular complexity index is 776. The van der Waals surface area contributed by atoms with Crippen LogP contribution in [-0.2, 0) is 19.3 Å². The lowest BCUT2D eigenvalue weighted by Gasteiger charge is -2.06. The van der Waals surface area contributed by atoms with E-state index in [9.17, 15) is 0 Å². The molecule has 3 rings (SSSR count). The molecule has 0 amide bonds. The van der Waals surface area contributed by atoms with Crippen molar-refractivity contribution in [2.24, 2.45) is 5.73 Å². The van der Waals surface area contributed by atoms with E-state index in [0.29, 0.717) is 0 Å². The van der Waals surface area contributed by atoms with Crippen molar-refractivity contribution < 1.29 is 0 Å². The highest BCUT2D eigenvalue weighted by Gasteiger charge is 1.99. The van der Waals surface area contributed by atoms with Crippen LogP contribution in [0.4, 0.5) is 0 Å². The smallest absolute Gasteiger partial charge is 0.00741 e. The molecule has 3 aromatic rings. The summed E-state index contributed by atoms with van der Waals surface area (Å²) in [5.41, 5.74) is 9.94. The summed E-state index contributed by atoms with van der Waals surface area (Å²) in [4.78, 5) is 0. The highest BCUT2D eigenvalue weighted by Crippen LogP contribution is 2.18. The van der Waals surface area contributed by atoms with Gasteiger partial charge in [0.25, 0.3) is 0 Å². The minimum absolute atomic E-state index is 0.774.